The van der Waals surface area contributed by atoms with Crippen LogP contribution in [0.2, 0.25) is 0 Å². The highest BCUT2D eigenvalue weighted by Crippen LogP contribution is 2.18. The van der Waals surface area contributed by atoms with E-state index < -0.39 is 6.10 Å². The van der Waals surface area contributed by atoms with Crippen LogP contribution in [0.3, 0.4) is 0 Å². The Bertz CT molecular complexity index is 1430. The molecule has 0 saturated heterocycles. The molecule has 0 fully saturated rings. The molecule has 0 aromatic rings. The first kappa shape index (κ1) is 77.1. The second kappa shape index (κ2) is 68.6. The first-order valence-corrected chi connectivity index (χ1v) is 35.3. The topological polar surface area (TPSA) is 78.9 Å². The molecule has 0 aromatic carbocycles. The van der Waals surface area contributed by atoms with Gasteiger partial charge in [0.15, 0.2) is 6.10 Å². The van der Waals surface area contributed by atoms with E-state index in [1.165, 1.54) is 225 Å². The van der Waals surface area contributed by atoms with Gasteiger partial charge >= 0.3 is 17.9 Å². The first-order chi connectivity index (χ1) is 39.5. The van der Waals surface area contributed by atoms with Crippen LogP contribution >= 0.6 is 0 Å². The van der Waals surface area contributed by atoms with Gasteiger partial charge in [0.05, 0.1) is 0 Å². The van der Waals surface area contributed by atoms with Crippen molar-refractivity contribution >= 4 is 17.9 Å². The lowest BCUT2D eigenvalue weighted by molar-refractivity contribution is -0.167. The van der Waals surface area contributed by atoms with E-state index >= 15 is 0 Å². The Kier molecular flexibility index (Phi) is 66.1. The lowest BCUT2D eigenvalue weighted by Gasteiger charge is -2.18. The standard InChI is InChI=1S/C74H134O6/c1-4-7-10-13-16-19-22-25-28-31-34-37-40-43-46-49-52-55-58-61-64-67-73(76)79-70-71(69-78-72(75)66-63-60-57-54-51-48-45-42-39-36-33-30-27-24-21-18-15-12-9-6-3)80-74(77)68-65-62-59-56-53-50-47-44-41-38-35-32-29-26-23-20-17-14-11-8-5-2/h7,10,16,19,25,28,34,37,43,46,71H,4-6,8-9,11-15,17-18,20-24,26-27,29-33,35-36,38-42,44-45,47-70H2,1-3H3/b10-7-,19-16-,28-25-,37-34-,46-43-. The summed E-state index contributed by atoms with van der Waals surface area (Å²) in [7, 11) is 0. The van der Waals surface area contributed by atoms with Gasteiger partial charge in [-0.05, 0) is 64.2 Å². The van der Waals surface area contributed by atoms with Gasteiger partial charge in [0, 0.05) is 19.3 Å². The second-order valence-corrected chi connectivity index (χ2v) is 23.8. The van der Waals surface area contributed by atoms with E-state index in [9.17, 15) is 14.4 Å². The zero-order chi connectivity index (χ0) is 57.8. The van der Waals surface area contributed by atoms with Crippen LogP contribution in [0.15, 0.2) is 60.8 Å². The normalized spacial score (nSPS) is 12.4. The van der Waals surface area contributed by atoms with Crippen LogP contribution in [0.4, 0.5) is 0 Å². The van der Waals surface area contributed by atoms with Crippen LogP contribution < -0.4 is 0 Å². The number of unbranched alkanes of at least 4 members (excludes halogenated alkanes) is 44. The fourth-order valence-corrected chi connectivity index (χ4v) is 10.5. The van der Waals surface area contributed by atoms with Crippen molar-refractivity contribution in [2.24, 2.45) is 0 Å². The maximum Gasteiger partial charge on any atom is 0.306 e. The van der Waals surface area contributed by atoms with Crippen molar-refractivity contribution in [3.05, 3.63) is 60.8 Å². The molecule has 0 aliphatic carbocycles. The van der Waals surface area contributed by atoms with E-state index in [1.807, 2.05) is 0 Å². The summed E-state index contributed by atoms with van der Waals surface area (Å²) < 4.78 is 17.0. The van der Waals surface area contributed by atoms with E-state index in [-0.39, 0.29) is 31.1 Å². The van der Waals surface area contributed by atoms with E-state index in [2.05, 4.69) is 81.5 Å². The summed E-state index contributed by atoms with van der Waals surface area (Å²) in [4.78, 5) is 38.5. The summed E-state index contributed by atoms with van der Waals surface area (Å²) in [6.45, 7) is 6.59. The SMILES string of the molecule is CC/C=C\C/C=C\C/C=C\C/C=C\C/C=C\CCCCCCCC(=O)OCC(COC(=O)CCCCCCCCCCCCCCCCCCCCCC)OC(=O)CCCCCCCCCCCCCCCCCCCCCCC. The highest BCUT2D eigenvalue weighted by atomic mass is 16.6. The number of esters is 3. The molecule has 0 rings (SSSR count). The smallest absolute Gasteiger partial charge is 0.306 e. The third-order valence-electron chi connectivity index (χ3n) is 15.8. The number of allylic oxidation sites excluding steroid dienone is 10. The summed E-state index contributed by atoms with van der Waals surface area (Å²) in [5, 5.41) is 0. The second-order valence-electron chi connectivity index (χ2n) is 23.8. The maximum absolute atomic E-state index is 13.0. The van der Waals surface area contributed by atoms with Gasteiger partial charge in [-0.3, -0.25) is 14.4 Å². The molecule has 80 heavy (non-hydrogen) atoms. The van der Waals surface area contributed by atoms with Crippen LogP contribution in [0, 0.1) is 0 Å². The minimum Gasteiger partial charge on any atom is -0.462 e. The van der Waals surface area contributed by atoms with Crippen LogP contribution in [0.5, 0.6) is 0 Å². The average Bonchev–Trinajstić information content (AvgIpc) is 3.46. The lowest BCUT2D eigenvalue weighted by Crippen LogP contribution is -2.30. The van der Waals surface area contributed by atoms with Gasteiger partial charge in [0.1, 0.15) is 13.2 Å². The quantitative estimate of drug-likeness (QED) is 0.0261. The molecule has 0 saturated carbocycles. The Labute approximate surface area is 498 Å². The predicted octanol–water partition coefficient (Wildman–Crippen LogP) is 24.3. The number of rotatable bonds is 65. The molecule has 0 aliphatic heterocycles. The molecule has 6 heteroatoms. The van der Waals surface area contributed by atoms with Crippen LogP contribution in [-0.4, -0.2) is 37.2 Å². The number of hydrogen-bond donors (Lipinski definition) is 0. The van der Waals surface area contributed by atoms with E-state index in [4.69, 9.17) is 14.2 Å². The largest absolute Gasteiger partial charge is 0.462 e. The molecule has 1 unspecified atom stereocenters. The van der Waals surface area contributed by atoms with Crippen LogP contribution in [0.1, 0.15) is 374 Å². The van der Waals surface area contributed by atoms with Gasteiger partial charge in [-0.15, -0.1) is 0 Å². The minimum absolute atomic E-state index is 0.0752. The average molecular weight is 1120 g/mol. The maximum atomic E-state index is 13.0. The fraction of sp³-hybridized carbons (Fsp3) is 0.824. The number of ether oxygens (including phenoxy) is 3. The van der Waals surface area contributed by atoms with Crippen LogP contribution in [-0.2, 0) is 28.6 Å². The molecule has 0 amide bonds. The van der Waals surface area contributed by atoms with Crippen molar-refractivity contribution < 1.29 is 28.6 Å². The number of carbonyl (C=O) groups is 3. The van der Waals surface area contributed by atoms with E-state index in [0.29, 0.717) is 19.3 Å². The fourth-order valence-electron chi connectivity index (χ4n) is 10.5. The lowest BCUT2D eigenvalue weighted by atomic mass is 10.0. The monoisotopic (exact) mass is 1120 g/mol. The minimum atomic E-state index is -0.781. The number of carbonyl (C=O) groups excluding carboxylic acids is 3. The predicted molar refractivity (Wildman–Crippen MR) is 348 cm³/mol. The first-order valence-electron chi connectivity index (χ1n) is 35.3. The Morgan fingerprint density at radius 3 is 0.762 bits per heavy atom. The van der Waals surface area contributed by atoms with E-state index in [0.717, 1.165) is 109 Å². The zero-order valence-corrected chi connectivity index (χ0v) is 53.6. The van der Waals surface area contributed by atoms with Gasteiger partial charge in [-0.25, -0.2) is 0 Å². The molecule has 0 aromatic heterocycles. The number of hydrogen-bond acceptors (Lipinski definition) is 6. The Morgan fingerprint density at radius 2 is 0.487 bits per heavy atom. The van der Waals surface area contributed by atoms with Gasteiger partial charge in [0.2, 0.25) is 0 Å². The molecular weight excluding hydrogens is 985 g/mol. The van der Waals surface area contributed by atoms with Crippen molar-refractivity contribution in [2.75, 3.05) is 13.2 Å². The van der Waals surface area contributed by atoms with Gasteiger partial charge in [0.25, 0.3) is 0 Å². The van der Waals surface area contributed by atoms with Gasteiger partial charge in [-0.2, -0.15) is 0 Å². The highest BCUT2D eigenvalue weighted by Gasteiger charge is 2.19. The summed E-state index contributed by atoms with van der Waals surface area (Å²) in [6.07, 6.45) is 88.1. The molecule has 0 spiro atoms. The Morgan fingerprint density at radius 1 is 0.263 bits per heavy atom. The Balaban J connectivity index is 4.36. The van der Waals surface area contributed by atoms with Gasteiger partial charge in [-0.1, -0.05) is 351 Å². The molecule has 0 radical (unpaired) electrons. The van der Waals surface area contributed by atoms with Crippen molar-refractivity contribution in [1.82, 2.24) is 0 Å². The third kappa shape index (κ3) is 65.9. The summed E-state index contributed by atoms with van der Waals surface area (Å²) in [5.41, 5.74) is 0. The molecule has 1 atom stereocenters. The molecule has 6 nitrogen and oxygen atoms in total. The molecule has 0 heterocycles. The van der Waals surface area contributed by atoms with Crippen LogP contribution in [0.25, 0.3) is 0 Å². The molecular formula is C74H134O6. The molecule has 0 bridgehead atoms. The highest BCUT2D eigenvalue weighted by molar-refractivity contribution is 5.71. The summed E-state index contributed by atoms with van der Waals surface area (Å²) in [5.74, 6) is -0.867. The molecule has 0 N–H and O–H groups in total. The van der Waals surface area contributed by atoms with Crippen molar-refractivity contribution in [3.63, 3.8) is 0 Å². The summed E-state index contributed by atoms with van der Waals surface area (Å²) >= 11 is 0. The summed E-state index contributed by atoms with van der Waals surface area (Å²) in [6, 6.07) is 0. The molecule has 466 valence electrons. The third-order valence-corrected chi connectivity index (χ3v) is 15.8. The van der Waals surface area contributed by atoms with Crippen molar-refractivity contribution in [2.45, 2.75) is 380 Å². The van der Waals surface area contributed by atoms with Gasteiger partial charge < -0.3 is 14.2 Å². The molecule has 0 aliphatic rings. The van der Waals surface area contributed by atoms with Crippen molar-refractivity contribution in [1.29, 1.82) is 0 Å². The zero-order valence-electron chi connectivity index (χ0n) is 53.6. The Hall–Kier alpha value is -2.89. The van der Waals surface area contributed by atoms with Crippen molar-refractivity contribution in [3.8, 4) is 0 Å². The van der Waals surface area contributed by atoms with E-state index in [1.54, 1.807) is 0 Å².